The number of ketones is 1. The fourth-order valence-electron chi connectivity index (χ4n) is 3.31. The Labute approximate surface area is 161 Å². The molecule has 0 bridgehead atoms. The highest BCUT2D eigenvalue weighted by Gasteiger charge is 2.23. The Morgan fingerprint density at radius 2 is 1.74 bits per heavy atom. The summed E-state index contributed by atoms with van der Waals surface area (Å²) < 4.78 is 5.91. The zero-order valence-electron chi connectivity index (χ0n) is 16.7. The topological polar surface area (TPSA) is 30.2 Å². The molecule has 3 aromatic rings. The first-order chi connectivity index (χ1) is 12.8. The van der Waals surface area contributed by atoms with Crippen LogP contribution in [-0.2, 0) is 0 Å². The molecule has 0 saturated heterocycles. The minimum Gasteiger partial charge on any atom is -0.461 e. The van der Waals surface area contributed by atoms with Gasteiger partial charge in [-0.3, -0.25) is 4.79 Å². The van der Waals surface area contributed by atoms with E-state index >= 15 is 0 Å². The average molecular weight is 358 g/mol. The van der Waals surface area contributed by atoms with Crippen molar-refractivity contribution in [2.24, 2.45) is 5.41 Å². The summed E-state index contributed by atoms with van der Waals surface area (Å²) in [4.78, 5) is 11.8. The molecule has 0 unspecified atom stereocenters. The normalized spacial score (nSPS) is 12.9. The third kappa shape index (κ3) is 4.11. The summed E-state index contributed by atoms with van der Waals surface area (Å²) in [7, 11) is 0. The highest BCUT2D eigenvalue weighted by atomic mass is 16.3. The van der Waals surface area contributed by atoms with E-state index < -0.39 is 0 Å². The van der Waals surface area contributed by atoms with Gasteiger partial charge in [0.1, 0.15) is 11.5 Å². The van der Waals surface area contributed by atoms with Crippen LogP contribution in [0.1, 0.15) is 55.1 Å². The molecule has 0 aliphatic heterocycles. The monoisotopic (exact) mass is 358 g/mol. The van der Waals surface area contributed by atoms with Crippen LogP contribution in [0.4, 0.5) is 0 Å². The molecular weight excluding hydrogens is 332 g/mol. The Balaban J connectivity index is 2.01. The van der Waals surface area contributed by atoms with Crippen molar-refractivity contribution in [3.05, 3.63) is 83.3 Å². The number of rotatable bonds is 4. The Kier molecular flexibility index (Phi) is 5.18. The molecule has 0 aliphatic carbocycles. The lowest BCUT2D eigenvalue weighted by atomic mass is 9.84. The van der Waals surface area contributed by atoms with Crippen LogP contribution < -0.4 is 0 Å². The van der Waals surface area contributed by atoms with Gasteiger partial charge in [-0.1, -0.05) is 81.5 Å². The van der Waals surface area contributed by atoms with Crippen molar-refractivity contribution < 1.29 is 9.21 Å². The quantitative estimate of drug-likeness (QED) is 0.368. The van der Waals surface area contributed by atoms with Crippen molar-refractivity contribution in [3.63, 3.8) is 0 Å². The second kappa shape index (κ2) is 7.40. The third-order valence-electron chi connectivity index (χ3n) is 4.73. The lowest BCUT2D eigenvalue weighted by molar-refractivity contribution is 0.101. The van der Waals surface area contributed by atoms with Crippen LogP contribution in [0.25, 0.3) is 22.4 Å². The van der Waals surface area contributed by atoms with Gasteiger partial charge >= 0.3 is 0 Å². The molecule has 0 N–H and O–H groups in total. The number of fused-ring (bicyclic) bond motifs is 1. The van der Waals surface area contributed by atoms with Crippen molar-refractivity contribution >= 4 is 28.2 Å². The summed E-state index contributed by atoms with van der Waals surface area (Å²) >= 11 is 0. The Bertz CT molecular complexity index is 1030. The van der Waals surface area contributed by atoms with Gasteiger partial charge in [-0.25, -0.2) is 0 Å². The van der Waals surface area contributed by atoms with E-state index in [0.29, 0.717) is 11.3 Å². The molecule has 2 aromatic carbocycles. The van der Waals surface area contributed by atoms with Crippen LogP contribution in [0.2, 0.25) is 0 Å². The third-order valence-corrected chi connectivity index (χ3v) is 4.73. The number of furan rings is 1. The lowest BCUT2D eigenvalue weighted by Crippen LogP contribution is -2.07. The standard InChI is InChI=1S/C25H26O2/c1-17(26)22-16-24(27-18(22)2)23(25(3,4)5)15-9-13-20-12-8-11-19-10-6-7-14-21(19)20/h6-16H,1-5H3/b13-9+,23-15+. The molecule has 27 heavy (non-hydrogen) atoms. The molecule has 1 heterocycles. The van der Waals surface area contributed by atoms with E-state index in [0.717, 1.165) is 11.3 Å². The smallest absolute Gasteiger partial charge is 0.163 e. The molecule has 3 rings (SSSR count). The maximum atomic E-state index is 11.8. The number of hydrogen-bond donors (Lipinski definition) is 0. The van der Waals surface area contributed by atoms with E-state index in [-0.39, 0.29) is 11.2 Å². The van der Waals surface area contributed by atoms with Gasteiger partial charge in [0.2, 0.25) is 0 Å². The molecule has 0 fully saturated rings. The Hall–Kier alpha value is -2.87. The lowest BCUT2D eigenvalue weighted by Gasteiger charge is -2.21. The van der Waals surface area contributed by atoms with Gasteiger partial charge in [-0.15, -0.1) is 0 Å². The van der Waals surface area contributed by atoms with E-state index in [4.69, 9.17) is 4.42 Å². The summed E-state index contributed by atoms with van der Waals surface area (Å²) in [5.74, 6) is 1.46. The van der Waals surface area contributed by atoms with Gasteiger partial charge in [0.05, 0.1) is 5.56 Å². The second-order valence-corrected chi connectivity index (χ2v) is 7.89. The van der Waals surface area contributed by atoms with Crippen molar-refractivity contribution in [2.45, 2.75) is 34.6 Å². The molecule has 2 nitrogen and oxygen atoms in total. The Morgan fingerprint density at radius 3 is 2.41 bits per heavy atom. The highest BCUT2D eigenvalue weighted by molar-refractivity contribution is 5.96. The summed E-state index contributed by atoms with van der Waals surface area (Å²) in [6.07, 6.45) is 6.27. The first-order valence-corrected chi connectivity index (χ1v) is 9.26. The molecule has 138 valence electrons. The van der Waals surface area contributed by atoms with Crippen molar-refractivity contribution in [1.82, 2.24) is 0 Å². The predicted molar refractivity (Wildman–Crippen MR) is 114 cm³/mol. The van der Waals surface area contributed by atoms with Crippen LogP contribution in [0.3, 0.4) is 0 Å². The predicted octanol–water partition coefficient (Wildman–Crippen LogP) is 7.09. The zero-order valence-corrected chi connectivity index (χ0v) is 16.7. The van der Waals surface area contributed by atoms with Gasteiger partial charge in [0.15, 0.2) is 5.78 Å². The largest absolute Gasteiger partial charge is 0.461 e. The maximum Gasteiger partial charge on any atom is 0.163 e. The Morgan fingerprint density at radius 1 is 1.04 bits per heavy atom. The average Bonchev–Trinajstić information content (AvgIpc) is 2.99. The van der Waals surface area contributed by atoms with Crippen LogP contribution in [0.5, 0.6) is 0 Å². The molecule has 1 aromatic heterocycles. The van der Waals surface area contributed by atoms with Gasteiger partial charge in [0, 0.05) is 5.57 Å². The SMILES string of the molecule is CC(=O)c1cc(/C(=C\C=C\c2cccc3ccccc23)C(C)(C)C)oc1C. The first-order valence-electron chi connectivity index (χ1n) is 9.26. The number of carbonyl (C=O) groups excluding carboxylic acids is 1. The van der Waals surface area contributed by atoms with Crippen LogP contribution in [-0.4, -0.2) is 5.78 Å². The molecule has 0 amide bonds. The van der Waals surface area contributed by atoms with E-state index in [2.05, 4.69) is 81.5 Å². The highest BCUT2D eigenvalue weighted by Crippen LogP contribution is 2.36. The van der Waals surface area contributed by atoms with Crippen LogP contribution in [0, 0.1) is 12.3 Å². The van der Waals surface area contributed by atoms with Gasteiger partial charge in [-0.2, -0.15) is 0 Å². The fraction of sp³-hybridized carbons (Fsp3) is 0.240. The molecule has 0 saturated carbocycles. The van der Waals surface area contributed by atoms with Crippen molar-refractivity contribution in [1.29, 1.82) is 0 Å². The number of carbonyl (C=O) groups is 1. The van der Waals surface area contributed by atoms with Crippen molar-refractivity contribution in [2.75, 3.05) is 0 Å². The summed E-state index contributed by atoms with van der Waals surface area (Å²) in [5, 5.41) is 2.46. The minimum atomic E-state index is -0.110. The number of benzene rings is 2. The molecule has 0 atom stereocenters. The molecule has 0 spiro atoms. The van der Waals surface area contributed by atoms with Gasteiger partial charge in [-0.05, 0) is 41.7 Å². The zero-order chi connectivity index (χ0) is 19.6. The van der Waals surface area contributed by atoms with Crippen LogP contribution >= 0.6 is 0 Å². The number of hydrogen-bond acceptors (Lipinski definition) is 2. The second-order valence-electron chi connectivity index (χ2n) is 7.89. The van der Waals surface area contributed by atoms with Crippen LogP contribution in [0.15, 0.2) is 65.1 Å². The van der Waals surface area contributed by atoms with Crippen molar-refractivity contribution in [3.8, 4) is 0 Å². The fourth-order valence-corrected chi connectivity index (χ4v) is 3.31. The van der Waals surface area contributed by atoms with Gasteiger partial charge < -0.3 is 4.42 Å². The molecule has 0 radical (unpaired) electrons. The molecule has 0 aliphatic rings. The number of allylic oxidation sites excluding steroid dienone is 3. The molecule has 2 heteroatoms. The van der Waals surface area contributed by atoms with E-state index in [1.807, 2.05) is 13.0 Å². The van der Waals surface area contributed by atoms with Gasteiger partial charge in [0.25, 0.3) is 0 Å². The van der Waals surface area contributed by atoms with E-state index in [1.165, 1.54) is 16.3 Å². The minimum absolute atomic E-state index is 0.0297. The molecular formula is C25H26O2. The number of aryl methyl sites for hydroxylation is 1. The summed E-state index contributed by atoms with van der Waals surface area (Å²) in [6.45, 7) is 9.86. The van der Waals surface area contributed by atoms with E-state index in [1.54, 1.807) is 6.92 Å². The van der Waals surface area contributed by atoms with E-state index in [9.17, 15) is 4.79 Å². The first kappa shape index (κ1) is 18.9. The summed E-state index contributed by atoms with van der Waals surface area (Å²) in [5.41, 5.74) is 2.78. The maximum absolute atomic E-state index is 11.8. The summed E-state index contributed by atoms with van der Waals surface area (Å²) in [6, 6.07) is 16.6. The number of Topliss-reactive ketones (excluding diaryl/α,β-unsaturated/α-hetero) is 1.